The van der Waals surface area contributed by atoms with Crippen molar-refractivity contribution >= 4 is 11.6 Å². The summed E-state index contributed by atoms with van der Waals surface area (Å²) in [6.45, 7) is 9.97. The Morgan fingerprint density at radius 1 is 1.50 bits per heavy atom. The number of anilines is 1. The van der Waals surface area contributed by atoms with Crippen molar-refractivity contribution in [2.24, 2.45) is 11.7 Å². The minimum Gasteiger partial charge on any atom is -0.476 e. The molecule has 1 aliphatic heterocycles. The van der Waals surface area contributed by atoms with E-state index < -0.39 is 5.60 Å². The summed E-state index contributed by atoms with van der Waals surface area (Å²) in [5, 5.41) is 0. The summed E-state index contributed by atoms with van der Waals surface area (Å²) in [7, 11) is 0. The number of carbonyl (C=O) groups excluding carboxylic acids is 1. The van der Waals surface area contributed by atoms with Crippen LogP contribution < -0.4 is 15.4 Å². The predicted octanol–water partition coefficient (Wildman–Crippen LogP) is 3.18. The molecule has 1 amide bonds. The molecule has 3 rings (SSSR count). The summed E-state index contributed by atoms with van der Waals surface area (Å²) in [4.78, 5) is 14.5. The molecule has 1 fully saturated rings. The zero-order chi connectivity index (χ0) is 16.1. The van der Waals surface area contributed by atoms with E-state index in [0.717, 1.165) is 22.6 Å². The molecule has 22 heavy (non-hydrogen) atoms. The number of fused-ring (bicyclic) bond motifs is 1. The van der Waals surface area contributed by atoms with Gasteiger partial charge in [0.15, 0.2) is 5.60 Å². The highest BCUT2D eigenvalue weighted by molar-refractivity contribution is 6.02. The van der Waals surface area contributed by atoms with Gasteiger partial charge in [0.1, 0.15) is 5.75 Å². The van der Waals surface area contributed by atoms with E-state index in [0.29, 0.717) is 12.5 Å². The number of benzene rings is 1. The zero-order valence-electron chi connectivity index (χ0n) is 13.6. The molecule has 1 aromatic rings. The van der Waals surface area contributed by atoms with Crippen LogP contribution >= 0.6 is 0 Å². The smallest absolute Gasteiger partial charge is 0.270 e. The van der Waals surface area contributed by atoms with Crippen LogP contribution in [-0.4, -0.2) is 18.1 Å². The highest BCUT2D eigenvalue weighted by atomic mass is 16.5. The third-order valence-corrected chi connectivity index (χ3v) is 4.34. The lowest BCUT2D eigenvalue weighted by molar-refractivity contribution is -0.132. The molecule has 1 aliphatic carbocycles. The molecule has 0 saturated heterocycles. The van der Waals surface area contributed by atoms with Crippen molar-refractivity contribution in [1.29, 1.82) is 0 Å². The van der Waals surface area contributed by atoms with Crippen molar-refractivity contribution in [3.63, 3.8) is 0 Å². The molecule has 4 nitrogen and oxygen atoms in total. The largest absolute Gasteiger partial charge is 0.476 e. The van der Waals surface area contributed by atoms with E-state index in [-0.39, 0.29) is 11.9 Å². The monoisotopic (exact) mass is 300 g/mol. The van der Waals surface area contributed by atoms with Gasteiger partial charge in [-0.05, 0) is 57.2 Å². The first-order valence-corrected chi connectivity index (χ1v) is 7.84. The first kappa shape index (κ1) is 15.1. The van der Waals surface area contributed by atoms with Gasteiger partial charge in [-0.15, -0.1) is 0 Å². The summed E-state index contributed by atoms with van der Waals surface area (Å²) in [6.07, 6.45) is 2.38. The molecule has 2 aliphatic rings. The molecule has 2 N–H and O–H groups in total. The number of nitrogens with zero attached hydrogens (tertiary/aromatic N) is 1. The van der Waals surface area contributed by atoms with Crippen LogP contribution in [0.1, 0.15) is 45.2 Å². The Morgan fingerprint density at radius 3 is 2.77 bits per heavy atom. The van der Waals surface area contributed by atoms with Crippen LogP contribution in [0.4, 0.5) is 5.69 Å². The zero-order valence-corrected chi connectivity index (χ0v) is 13.6. The van der Waals surface area contributed by atoms with E-state index >= 15 is 0 Å². The van der Waals surface area contributed by atoms with Crippen molar-refractivity contribution < 1.29 is 9.53 Å². The third-order valence-electron chi connectivity index (χ3n) is 4.34. The van der Waals surface area contributed by atoms with Gasteiger partial charge in [0.25, 0.3) is 5.91 Å². The van der Waals surface area contributed by atoms with Crippen molar-refractivity contribution in [3.8, 4) is 5.75 Å². The Kier molecular flexibility index (Phi) is 3.52. The van der Waals surface area contributed by atoms with E-state index in [1.165, 1.54) is 12.8 Å². The topological polar surface area (TPSA) is 55.6 Å². The van der Waals surface area contributed by atoms with Crippen LogP contribution in [0.25, 0.3) is 0 Å². The van der Waals surface area contributed by atoms with Gasteiger partial charge in [0, 0.05) is 12.6 Å². The first-order chi connectivity index (χ1) is 10.3. The van der Waals surface area contributed by atoms with Crippen molar-refractivity contribution in [1.82, 2.24) is 0 Å². The van der Waals surface area contributed by atoms with Gasteiger partial charge in [-0.1, -0.05) is 18.2 Å². The quantitative estimate of drug-likeness (QED) is 0.869. The summed E-state index contributed by atoms with van der Waals surface area (Å²) in [5.74, 6) is 1.27. The maximum absolute atomic E-state index is 12.7. The van der Waals surface area contributed by atoms with Crippen LogP contribution in [0.2, 0.25) is 0 Å². The van der Waals surface area contributed by atoms with Crippen LogP contribution in [0, 0.1) is 5.92 Å². The molecule has 0 spiro atoms. The SMILES string of the molecule is C=C(C)CN1C(=O)C(C)(C)Oc2ccc(C(N)C3CC3)cc21. The Labute approximate surface area is 131 Å². The summed E-state index contributed by atoms with van der Waals surface area (Å²) < 4.78 is 5.89. The van der Waals surface area contributed by atoms with E-state index in [4.69, 9.17) is 10.5 Å². The number of hydrogen-bond donors (Lipinski definition) is 1. The van der Waals surface area contributed by atoms with E-state index in [2.05, 4.69) is 6.58 Å². The van der Waals surface area contributed by atoms with Crippen LogP contribution in [0.3, 0.4) is 0 Å². The standard InChI is InChI=1S/C18H24N2O2/c1-11(2)10-20-14-9-13(16(19)12-5-6-12)7-8-15(14)22-18(3,4)17(20)21/h7-9,12,16H,1,5-6,10,19H2,2-4H3. The van der Waals surface area contributed by atoms with Crippen molar-refractivity contribution in [2.75, 3.05) is 11.4 Å². The lowest BCUT2D eigenvalue weighted by Gasteiger charge is -2.39. The summed E-state index contributed by atoms with van der Waals surface area (Å²) >= 11 is 0. The lowest BCUT2D eigenvalue weighted by atomic mass is 9.98. The van der Waals surface area contributed by atoms with Crippen LogP contribution in [0.5, 0.6) is 5.75 Å². The molecule has 1 heterocycles. The molecule has 1 saturated carbocycles. The average molecular weight is 300 g/mol. The fourth-order valence-corrected chi connectivity index (χ4v) is 2.95. The molecule has 118 valence electrons. The highest BCUT2D eigenvalue weighted by Crippen LogP contribution is 2.43. The molecule has 4 heteroatoms. The maximum Gasteiger partial charge on any atom is 0.270 e. The minimum atomic E-state index is -0.859. The summed E-state index contributed by atoms with van der Waals surface area (Å²) in [6, 6.07) is 6.01. The van der Waals surface area contributed by atoms with E-state index in [9.17, 15) is 4.79 Å². The highest BCUT2D eigenvalue weighted by Gasteiger charge is 2.41. The number of hydrogen-bond acceptors (Lipinski definition) is 3. The number of rotatable bonds is 4. The summed E-state index contributed by atoms with van der Waals surface area (Å²) in [5.41, 5.74) is 8.27. The minimum absolute atomic E-state index is 0.0415. The molecule has 0 radical (unpaired) electrons. The van der Waals surface area contributed by atoms with Crippen molar-refractivity contribution in [3.05, 3.63) is 35.9 Å². The number of carbonyl (C=O) groups is 1. The molecule has 1 unspecified atom stereocenters. The van der Waals surface area contributed by atoms with Gasteiger partial charge >= 0.3 is 0 Å². The predicted molar refractivity (Wildman–Crippen MR) is 88.0 cm³/mol. The molecule has 0 aromatic heterocycles. The number of ether oxygens (including phenoxy) is 1. The van der Waals surface area contributed by atoms with E-state index in [1.54, 1.807) is 18.7 Å². The van der Waals surface area contributed by atoms with Crippen molar-refractivity contribution in [2.45, 2.75) is 45.3 Å². The Balaban J connectivity index is 2.02. The Hall–Kier alpha value is -1.81. The van der Waals surface area contributed by atoms with Gasteiger partial charge in [0.2, 0.25) is 0 Å². The van der Waals surface area contributed by atoms with Crippen LogP contribution in [-0.2, 0) is 4.79 Å². The normalized spacial score (nSPS) is 21.1. The average Bonchev–Trinajstić information content (AvgIpc) is 3.26. The molecular weight excluding hydrogens is 276 g/mol. The fourth-order valence-electron chi connectivity index (χ4n) is 2.95. The van der Waals surface area contributed by atoms with E-state index in [1.807, 2.05) is 25.1 Å². The van der Waals surface area contributed by atoms with Gasteiger partial charge in [-0.25, -0.2) is 0 Å². The first-order valence-electron chi connectivity index (χ1n) is 7.84. The Morgan fingerprint density at radius 2 is 2.18 bits per heavy atom. The molecule has 0 bridgehead atoms. The van der Waals surface area contributed by atoms with Crippen LogP contribution in [0.15, 0.2) is 30.4 Å². The lowest BCUT2D eigenvalue weighted by Crippen LogP contribution is -2.53. The molecule has 1 aromatic carbocycles. The van der Waals surface area contributed by atoms with Gasteiger partial charge in [-0.2, -0.15) is 0 Å². The second-order valence-corrected chi connectivity index (χ2v) is 7.05. The number of amides is 1. The maximum atomic E-state index is 12.7. The fraction of sp³-hybridized carbons (Fsp3) is 0.500. The third kappa shape index (κ3) is 2.63. The Bertz CT molecular complexity index is 632. The van der Waals surface area contributed by atoms with Gasteiger partial charge in [0.05, 0.1) is 5.69 Å². The second-order valence-electron chi connectivity index (χ2n) is 7.05. The second kappa shape index (κ2) is 5.13. The number of nitrogens with two attached hydrogens (primary N) is 1. The molecular formula is C18H24N2O2. The van der Waals surface area contributed by atoms with Gasteiger partial charge in [-0.3, -0.25) is 4.79 Å². The van der Waals surface area contributed by atoms with Gasteiger partial charge < -0.3 is 15.4 Å². The molecule has 1 atom stereocenters.